The molecule has 0 atom stereocenters. The van der Waals surface area contributed by atoms with E-state index in [1.54, 1.807) is 18.6 Å². The summed E-state index contributed by atoms with van der Waals surface area (Å²) in [6.45, 7) is 6.62. The second-order valence-electron chi connectivity index (χ2n) is 7.80. The molecule has 2 aliphatic rings. The smallest absolute Gasteiger partial charge is 0.274 e. The van der Waals surface area contributed by atoms with Crippen molar-refractivity contribution in [2.75, 3.05) is 41.4 Å². The van der Waals surface area contributed by atoms with Gasteiger partial charge in [-0.3, -0.25) is 9.78 Å². The first-order valence-electron chi connectivity index (χ1n) is 10.4. The second kappa shape index (κ2) is 8.31. The van der Waals surface area contributed by atoms with Gasteiger partial charge in [0.25, 0.3) is 5.91 Å². The monoisotopic (exact) mass is 416 g/mol. The number of hydrogen-bond donors (Lipinski definition) is 1. The number of carbonyl (C=O) groups excluding carboxylic acids is 1. The molecule has 4 heterocycles. The van der Waals surface area contributed by atoms with Crippen LogP contribution < -0.4 is 15.1 Å². The predicted octanol–water partition coefficient (Wildman–Crippen LogP) is 2.79. The number of anilines is 3. The Balaban J connectivity index is 1.28. The number of morpholine rings is 1. The average molecular weight is 416 g/mol. The van der Waals surface area contributed by atoms with Gasteiger partial charge in [0.05, 0.1) is 25.5 Å². The van der Waals surface area contributed by atoms with E-state index in [0.29, 0.717) is 5.69 Å². The number of pyridine rings is 1. The Kier molecular flexibility index (Phi) is 5.21. The van der Waals surface area contributed by atoms with Crippen molar-refractivity contribution in [3.8, 4) is 0 Å². The summed E-state index contributed by atoms with van der Waals surface area (Å²) in [6, 6.07) is 11.5. The lowest BCUT2D eigenvalue weighted by atomic mass is 10.2. The number of benzene rings is 1. The van der Waals surface area contributed by atoms with Crippen LogP contribution in [0.15, 0.2) is 48.9 Å². The van der Waals surface area contributed by atoms with Crippen molar-refractivity contribution in [3.63, 3.8) is 0 Å². The lowest BCUT2D eigenvalue weighted by Gasteiger charge is -2.29. The van der Waals surface area contributed by atoms with E-state index >= 15 is 0 Å². The highest BCUT2D eigenvalue weighted by Crippen LogP contribution is 2.32. The van der Waals surface area contributed by atoms with Crippen LogP contribution in [0.2, 0.25) is 0 Å². The minimum Gasteiger partial charge on any atom is -0.378 e. The lowest BCUT2D eigenvalue weighted by Crippen LogP contribution is -2.37. The maximum Gasteiger partial charge on any atom is 0.274 e. The van der Waals surface area contributed by atoms with Crippen molar-refractivity contribution >= 4 is 23.1 Å². The van der Waals surface area contributed by atoms with Gasteiger partial charge in [-0.05, 0) is 48.9 Å². The van der Waals surface area contributed by atoms with E-state index < -0.39 is 0 Å². The largest absolute Gasteiger partial charge is 0.378 e. The van der Waals surface area contributed by atoms with Crippen LogP contribution in [0.3, 0.4) is 0 Å². The number of nitrogens with zero attached hydrogens (tertiary/aromatic N) is 5. The van der Waals surface area contributed by atoms with Gasteiger partial charge in [-0.25, -0.2) is 9.97 Å². The number of aryl methyl sites for hydroxylation is 1. The highest BCUT2D eigenvalue weighted by Gasteiger charge is 2.27. The second-order valence-corrected chi connectivity index (χ2v) is 7.80. The van der Waals surface area contributed by atoms with E-state index in [9.17, 15) is 4.79 Å². The topological polar surface area (TPSA) is 83.5 Å². The minimum absolute atomic E-state index is 0.213. The zero-order chi connectivity index (χ0) is 21.2. The summed E-state index contributed by atoms with van der Waals surface area (Å²) in [7, 11) is 0. The number of ether oxygens (including phenoxy) is 1. The van der Waals surface area contributed by atoms with Gasteiger partial charge < -0.3 is 19.9 Å². The van der Waals surface area contributed by atoms with Gasteiger partial charge in [0.2, 0.25) is 0 Å². The Morgan fingerprint density at radius 3 is 2.58 bits per heavy atom. The Morgan fingerprint density at radius 1 is 1.00 bits per heavy atom. The number of rotatable bonds is 4. The molecular formula is C23H24N6O2. The molecule has 2 aliphatic heterocycles. The Bertz CT molecular complexity index is 1100. The van der Waals surface area contributed by atoms with Crippen molar-refractivity contribution in [2.45, 2.75) is 20.0 Å². The van der Waals surface area contributed by atoms with E-state index in [1.807, 2.05) is 37.3 Å². The maximum absolute atomic E-state index is 12.4. The standard InChI is InChI=1S/C23H24N6O2/c1-16-6-7-24-20(12-16)23(30)27-17-2-4-18(5-3-17)29-13-19-21(14-29)25-15-26-22(19)28-8-10-31-11-9-28/h2-7,12,15H,8-11,13-14H2,1H3,(H,27,30). The summed E-state index contributed by atoms with van der Waals surface area (Å²) in [5.41, 5.74) is 5.49. The first-order chi connectivity index (χ1) is 15.2. The lowest BCUT2D eigenvalue weighted by molar-refractivity contribution is 0.102. The summed E-state index contributed by atoms with van der Waals surface area (Å²) in [6.07, 6.45) is 3.30. The molecule has 158 valence electrons. The SMILES string of the molecule is Cc1ccnc(C(=O)Nc2ccc(N3Cc4ncnc(N5CCOCC5)c4C3)cc2)c1. The van der Waals surface area contributed by atoms with Crippen molar-refractivity contribution in [1.29, 1.82) is 0 Å². The Morgan fingerprint density at radius 2 is 1.81 bits per heavy atom. The highest BCUT2D eigenvalue weighted by molar-refractivity contribution is 6.03. The molecule has 5 rings (SSSR count). The summed E-state index contributed by atoms with van der Waals surface area (Å²) in [5.74, 6) is 0.806. The van der Waals surface area contributed by atoms with E-state index in [2.05, 4.69) is 30.1 Å². The van der Waals surface area contributed by atoms with Gasteiger partial charge >= 0.3 is 0 Å². The fraction of sp³-hybridized carbons (Fsp3) is 0.304. The first-order valence-corrected chi connectivity index (χ1v) is 10.4. The molecule has 1 saturated heterocycles. The van der Waals surface area contributed by atoms with E-state index in [0.717, 1.165) is 67.8 Å². The van der Waals surface area contributed by atoms with Crippen LogP contribution in [0.1, 0.15) is 27.3 Å². The molecule has 0 radical (unpaired) electrons. The molecule has 0 unspecified atom stereocenters. The molecule has 0 aliphatic carbocycles. The quantitative estimate of drug-likeness (QED) is 0.700. The number of fused-ring (bicyclic) bond motifs is 1. The van der Waals surface area contributed by atoms with Gasteiger partial charge in [0.15, 0.2) is 0 Å². The molecule has 1 fully saturated rings. The van der Waals surface area contributed by atoms with Gasteiger partial charge in [0, 0.05) is 42.8 Å². The van der Waals surface area contributed by atoms with Crippen LogP contribution in [0, 0.1) is 6.92 Å². The molecule has 1 amide bonds. The normalized spacial score (nSPS) is 15.6. The summed E-state index contributed by atoms with van der Waals surface area (Å²) in [5, 5.41) is 2.91. The molecule has 0 bridgehead atoms. The van der Waals surface area contributed by atoms with Crippen LogP contribution in [-0.2, 0) is 17.8 Å². The summed E-state index contributed by atoms with van der Waals surface area (Å²) in [4.78, 5) is 30.2. The first kappa shape index (κ1) is 19.4. The molecule has 8 heteroatoms. The van der Waals surface area contributed by atoms with Crippen LogP contribution >= 0.6 is 0 Å². The van der Waals surface area contributed by atoms with Gasteiger partial charge in [-0.2, -0.15) is 0 Å². The van der Waals surface area contributed by atoms with E-state index in [4.69, 9.17) is 4.74 Å². The maximum atomic E-state index is 12.4. The average Bonchev–Trinajstić information content (AvgIpc) is 3.24. The van der Waals surface area contributed by atoms with Gasteiger partial charge in [-0.1, -0.05) is 0 Å². The third kappa shape index (κ3) is 4.06. The Hall–Kier alpha value is -3.52. The molecule has 0 spiro atoms. The fourth-order valence-electron chi connectivity index (χ4n) is 4.01. The van der Waals surface area contributed by atoms with E-state index in [1.165, 1.54) is 5.56 Å². The number of nitrogens with one attached hydrogen (secondary N) is 1. The summed E-state index contributed by atoms with van der Waals surface area (Å²) >= 11 is 0. The Labute approximate surface area is 180 Å². The van der Waals surface area contributed by atoms with Crippen molar-refractivity contribution in [3.05, 3.63) is 71.4 Å². The minimum atomic E-state index is -0.213. The van der Waals surface area contributed by atoms with Crippen molar-refractivity contribution in [1.82, 2.24) is 15.0 Å². The fourth-order valence-corrected chi connectivity index (χ4v) is 4.01. The molecule has 3 aromatic rings. The third-order valence-corrected chi connectivity index (χ3v) is 5.65. The molecular weight excluding hydrogens is 392 g/mol. The predicted molar refractivity (Wildman–Crippen MR) is 118 cm³/mol. The number of hydrogen-bond acceptors (Lipinski definition) is 7. The van der Waals surface area contributed by atoms with Gasteiger partial charge in [0.1, 0.15) is 17.8 Å². The van der Waals surface area contributed by atoms with Gasteiger partial charge in [-0.15, -0.1) is 0 Å². The molecule has 1 aromatic carbocycles. The van der Waals surface area contributed by atoms with E-state index in [-0.39, 0.29) is 5.91 Å². The van der Waals surface area contributed by atoms with Crippen LogP contribution in [0.4, 0.5) is 17.2 Å². The molecule has 8 nitrogen and oxygen atoms in total. The van der Waals surface area contributed by atoms with Crippen LogP contribution in [0.5, 0.6) is 0 Å². The molecule has 1 N–H and O–H groups in total. The zero-order valence-electron chi connectivity index (χ0n) is 17.4. The number of aromatic nitrogens is 3. The third-order valence-electron chi connectivity index (χ3n) is 5.65. The highest BCUT2D eigenvalue weighted by atomic mass is 16.5. The van der Waals surface area contributed by atoms with Crippen LogP contribution in [0.25, 0.3) is 0 Å². The van der Waals surface area contributed by atoms with Crippen molar-refractivity contribution < 1.29 is 9.53 Å². The van der Waals surface area contributed by atoms with Crippen molar-refractivity contribution in [2.24, 2.45) is 0 Å². The summed E-state index contributed by atoms with van der Waals surface area (Å²) < 4.78 is 5.47. The number of carbonyl (C=O) groups is 1. The molecule has 0 saturated carbocycles. The zero-order valence-corrected chi connectivity index (χ0v) is 17.4. The molecule has 31 heavy (non-hydrogen) atoms. The number of amides is 1. The van der Waals surface area contributed by atoms with Crippen LogP contribution in [-0.4, -0.2) is 47.2 Å². The molecule has 2 aromatic heterocycles.